The predicted molar refractivity (Wildman–Crippen MR) is 106 cm³/mol. The molecule has 3 heterocycles. The lowest BCUT2D eigenvalue weighted by Crippen LogP contribution is -2.69. The van der Waals surface area contributed by atoms with E-state index in [1.165, 1.54) is 10.4 Å². The van der Waals surface area contributed by atoms with Crippen LogP contribution in [0.2, 0.25) is 10.0 Å². The fraction of sp³-hybridized carbons (Fsp3) is 0.190. The maximum absolute atomic E-state index is 13.2. The van der Waals surface area contributed by atoms with Gasteiger partial charge in [-0.05, 0) is 40.6 Å². The quantitative estimate of drug-likeness (QED) is 0.522. The highest BCUT2D eigenvalue weighted by Crippen LogP contribution is 2.60. The lowest BCUT2D eigenvalue weighted by atomic mass is 9.60. The number of nitrogens with zero attached hydrogens (tertiary/aromatic N) is 1. The normalized spacial score (nSPS) is 24.0. The SMILES string of the molecule is O=C1[C@@H](c2cccc(Cl)c2Cl)[C@]2(c3ccccc3)c3ccsc3CCN12. The Morgan fingerprint density at radius 2 is 1.85 bits per heavy atom. The number of β-lactam (4-membered cyclic amide) rings is 1. The summed E-state index contributed by atoms with van der Waals surface area (Å²) < 4.78 is 0. The second kappa shape index (κ2) is 5.85. The van der Waals surface area contributed by atoms with Crippen molar-refractivity contribution in [2.24, 2.45) is 0 Å². The van der Waals surface area contributed by atoms with Gasteiger partial charge in [-0.15, -0.1) is 11.3 Å². The monoisotopic (exact) mass is 399 g/mol. The highest BCUT2D eigenvalue weighted by Gasteiger charge is 2.64. The van der Waals surface area contributed by atoms with E-state index in [0.29, 0.717) is 10.0 Å². The molecule has 2 aliphatic heterocycles. The standard InChI is InChI=1S/C21H15Cl2NOS/c22-16-8-4-7-14(19(16)23)18-20(25)24-11-9-17-15(10-12-26-17)21(18,24)13-5-2-1-3-6-13/h1-8,10,12,18H,9,11H2/t18-,21+/m1/s1. The third kappa shape index (κ3) is 1.97. The van der Waals surface area contributed by atoms with Crippen LogP contribution in [0, 0.1) is 0 Å². The van der Waals surface area contributed by atoms with Crippen LogP contribution in [0.5, 0.6) is 0 Å². The maximum atomic E-state index is 13.2. The Balaban J connectivity index is 1.81. The maximum Gasteiger partial charge on any atom is 0.234 e. The highest BCUT2D eigenvalue weighted by molar-refractivity contribution is 7.10. The summed E-state index contributed by atoms with van der Waals surface area (Å²) in [5.74, 6) is -0.236. The van der Waals surface area contributed by atoms with E-state index in [2.05, 4.69) is 23.6 Å². The van der Waals surface area contributed by atoms with Gasteiger partial charge in [0.2, 0.25) is 5.91 Å². The fourth-order valence-corrected chi connectivity index (χ4v) is 5.89. The lowest BCUT2D eigenvalue weighted by molar-refractivity contribution is -0.160. The van der Waals surface area contributed by atoms with Crippen LogP contribution in [0.3, 0.4) is 0 Å². The molecule has 1 fully saturated rings. The molecule has 0 aliphatic carbocycles. The zero-order valence-electron chi connectivity index (χ0n) is 13.8. The molecule has 0 unspecified atom stereocenters. The Labute approximate surface area is 166 Å². The van der Waals surface area contributed by atoms with E-state index in [-0.39, 0.29) is 11.8 Å². The van der Waals surface area contributed by atoms with Crippen molar-refractivity contribution in [1.82, 2.24) is 4.90 Å². The molecule has 2 nitrogen and oxygen atoms in total. The Bertz CT molecular complexity index is 1020. The summed E-state index contributed by atoms with van der Waals surface area (Å²) in [6.45, 7) is 0.732. The molecule has 1 saturated heterocycles. The van der Waals surface area contributed by atoms with Crippen molar-refractivity contribution < 1.29 is 4.79 Å². The summed E-state index contributed by atoms with van der Waals surface area (Å²) in [5, 5.41) is 3.09. The van der Waals surface area contributed by atoms with Crippen LogP contribution in [0.1, 0.15) is 27.5 Å². The smallest absolute Gasteiger partial charge is 0.234 e. The molecule has 2 atom stereocenters. The van der Waals surface area contributed by atoms with Crippen molar-refractivity contribution in [3.05, 3.63) is 91.6 Å². The second-order valence-corrected chi connectivity index (χ2v) is 8.49. The first-order chi connectivity index (χ1) is 12.7. The average molecular weight is 400 g/mol. The van der Waals surface area contributed by atoms with Crippen LogP contribution < -0.4 is 0 Å². The number of amides is 1. The number of halogens is 2. The molecule has 0 bridgehead atoms. The molecule has 2 aromatic carbocycles. The largest absolute Gasteiger partial charge is 0.327 e. The molecule has 5 heteroatoms. The van der Waals surface area contributed by atoms with E-state index >= 15 is 0 Å². The Hall–Kier alpha value is -1.81. The first-order valence-corrected chi connectivity index (χ1v) is 10.2. The third-order valence-electron chi connectivity index (χ3n) is 5.58. The molecule has 3 aromatic rings. The van der Waals surface area contributed by atoms with Gasteiger partial charge in [-0.2, -0.15) is 0 Å². The van der Waals surface area contributed by atoms with Gasteiger partial charge in [-0.1, -0.05) is 65.7 Å². The van der Waals surface area contributed by atoms with Gasteiger partial charge in [0.15, 0.2) is 0 Å². The van der Waals surface area contributed by atoms with Crippen molar-refractivity contribution in [1.29, 1.82) is 0 Å². The van der Waals surface area contributed by atoms with E-state index < -0.39 is 5.54 Å². The van der Waals surface area contributed by atoms with E-state index in [4.69, 9.17) is 23.2 Å². The molecule has 130 valence electrons. The number of benzene rings is 2. The first kappa shape index (κ1) is 16.4. The van der Waals surface area contributed by atoms with Gasteiger partial charge in [0, 0.05) is 11.4 Å². The van der Waals surface area contributed by atoms with E-state index in [9.17, 15) is 4.79 Å². The minimum atomic E-state index is -0.500. The van der Waals surface area contributed by atoms with Crippen molar-refractivity contribution in [3.63, 3.8) is 0 Å². The molecular weight excluding hydrogens is 385 g/mol. The number of fused-ring (bicyclic) bond motifs is 3. The minimum absolute atomic E-state index is 0.120. The molecule has 1 amide bonds. The first-order valence-electron chi connectivity index (χ1n) is 8.53. The van der Waals surface area contributed by atoms with Crippen molar-refractivity contribution in [3.8, 4) is 0 Å². The van der Waals surface area contributed by atoms with E-state index in [1.54, 1.807) is 17.4 Å². The molecule has 2 aliphatic rings. The summed E-state index contributed by atoms with van der Waals surface area (Å²) in [7, 11) is 0. The van der Waals surface area contributed by atoms with Gasteiger partial charge in [-0.25, -0.2) is 0 Å². The molecule has 5 rings (SSSR count). The van der Waals surface area contributed by atoms with Crippen molar-refractivity contribution >= 4 is 40.4 Å². The van der Waals surface area contributed by atoms with E-state index in [0.717, 1.165) is 24.1 Å². The van der Waals surface area contributed by atoms with Gasteiger partial charge in [0.1, 0.15) is 5.54 Å². The van der Waals surface area contributed by atoms with Crippen LogP contribution in [0.25, 0.3) is 0 Å². The van der Waals surface area contributed by atoms with Gasteiger partial charge in [0.05, 0.1) is 16.0 Å². The lowest BCUT2D eigenvalue weighted by Gasteiger charge is -2.60. The highest BCUT2D eigenvalue weighted by atomic mass is 35.5. The average Bonchev–Trinajstić information content (AvgIpc) is 3.13. The molecule has 0 spiro atoms. The van der Waals surface area contributed by atoms with Crippen LogP contribution in [0.15, 0.2) is 60.0 Å². The van der Waals surface area contributed by atoms with Gasteiger partial charge < -0.3 is 4.90 Å². The summed E-state index contributed by atoms with van der Waals surface area (Å²) in [5.41, 5.74) is 2.66. The number of carbonyl (C=O) groups is 1. The molecule has 1 aromatic heterocycles. The molecule has 0 saturated carbocycles. The summed E-state index contributed by atoms with van der Waals surface area (Å²) in [6.07, 6.45) is 0.906. The number of carbonyl (C=O) groups excluding carboxylic acids is 1. The Morgan fingerprint density at radius 3 is 2.65 bits per heavy atom. The predicted octanol–water partition coefficient (Wildman–Crippen LogP) is 5.48. The molecule has 26 heavy (non-hydrogen) atoms. The van der Waals surface area contributed by atoms with Crippen LogP contribution >= 0.6 is 34.5 Å². The van der Waals surface area contributed by atoms with E-state index in [1.807, 2.05) is 35.2 Å². The van der Waals surface area contributed by atoms with Crippen LogP contribution in [-0.4, -0.2) is 17.4 Å². The minimum Gasteiger partial charge on any atom is -0.327 e. The summed E-state index contributed by atoms with van der Waals surface area (Å²) in [4.78, 5) is 16.6. The number of hydrogen-bond acceptors (Lipinski definition) is 2. The zero-order valence-corrected chi connectivity index (χ0v) is 16.1. The van der Waals surface area contributed by atoms with Crippen molar-refractivity contribution in [2.45, 2.75) is 17.9 Å². The Kier molecular flexibility index (Phi) is 3.68. The van der Waals surface area contributed by atoms with Crippen LogP contribution in [0.4, 0.5) is 0 Å². The third-order valence-corrected chi connectivity index (χ3v) is 7.40. The second-order valence-electron chi connectivity index (χ2n) is 6.71. The number of rotatable bonds is 2. The van der Waals surface area contributed by atoms with Crippen molar-refractivity contribution in [2.75, 3.05) is 6.54 Å². The van der Waals surface area contributed by atoms with Gasteiger partial charge in [0.25, 0.3) is 0 Å². The topological polar surface area (TPSA) is 20.3 Å². The number of hydrogen-bond donors (Lipinski definition) is 0. The summed E-state index contributed by atoms with van der Waals surface area (Å²) >= 11 is 14.6. The molecule has 0 radical (unpaired) electrons. The van der Waals surface area contributed by atoms with Gasteiger partial charge >= 0.3 is 0 Å². The Morgan fingerprint density at radius 1 is 1.04 bits per heavy atom. The molecular formula is C21H15Cl2NOS. The van der Waals surface area contributed by atoms with Gasteiger partial charge in [-0.3, -0.25) is 4.79 Å². The zero-order chi connectivity index (χ0) is 17.9. The summed E-state index contributed by atoms with van der Waals surface area (Å²) in [6, 6.07) is 18.0. The number of thiophene rings is 1. The van der Waals surface area contributed by atoms with Crippen LogP contribution in [-0.2, 0) is 16.8 Å². The fourth-order valence-electron chi connectivity index (χ4n) is 4.54. The molecule has 0 N–H and O–H groups in total.